The predicted molar refractivity (Wildman–Crippen MR) is 67.6 cm³/mol. The van der Waals surface area contributed by atoms with E-state index in [2.05, 4.69) is 49.4 Å². The molecule has 0 aromatic carbocycles. The molecule has 0 saturated heterocycles. The summed E-state index contributed by atoms with van der Waals surface area (Å²) in [6, 6.07) is 0. The van der Waals surface area contributed by atoms with Crippen molar-refractivity contribution in [3.8, 4) is 0 Å². The van der Waals surface area contributed by atoms with Gasteiger partial charge in [0.25, 0.3) is 0 Å². The number of halogens is 1. The summed E-state index contributed by atoms with van der Waals surface area (Å²) in [5.41, 5.74) is 0.297. The van der Waals surface area contributed by atoms with Gasteiger partial charge in [-0.05, 0) is 18.3 Å². The van der Waals surface area contributed by atoms with Crippen LogP contribution in [0.1, 0.15) is 46.3 Å². The van der Waals surface area contributed by atoms with Crippen LogP contribution in [0.5, 0.6) is 0 Å². The zero-order valence-corrected chi connectivity index (χ0v) is 11.7. The van der Waals surface area contributed by atoms with Crippen molar-refractivity contribution in [1.82, 2.24) is 14.8 Å². The van der Waals surface area contributed by atoms with E-state index < -0.39 is 0 Å². The molecule has 1 unspecified atom stereocenters. The summed E-state index contributed by atoms with van der Waals surface area (Å²) in [4.78, 5) is 0. The van der Waals surface area contributed by atoms with Crippen molar-refractivity contribution in [3.05, 3.63) is 11.6 Å². The Hall–Kier alpha value is -0.570. The predicted octanol–water partition coefficient (Wildman–Crippen LogP) is 3.26. The Morgan fingerprint density at radius 1 is 1.25 bits per heavy atom. The molecule has 1 aromatic rings. The minimum absolute atomic E-state index is 0.297. The Labute approximate surface area is 103 Å². The zero-order valence-electron chi connectivity index (χ0n) is 10.9. The molecule has 1 aromatic heterocycles. The Kier molecular flexibility index (Phi) is 4.36. The Morgan fingerprint density at radius 3 is 2.25 bits per heavy atom. The molecule has 3 nitrogen and oxygen atoms in total. The number of hydrogen-bond acceptors (Lipinski definition) is 2. The van der Waals surface area contributed by atoms with Gasteiger partial charge in [-0.25, -0.2) is 0 Å². The molecule has 92 valence electrons. The van der Waals surface area contributed by atoms with Crippen molar-refractivity contribution in [3.63, 3.8) is 0 Å². The van der Waals surface area contributed by atoms with Crippen LogP contribution < -0.4 is 0 Å². The fourth-order valence-electron chi connectivity index (χ4n) is 1.57. The minimum atomic E-state index is 0.297. The summed E-state index contributed by atoms with van der Waals surface area (Å²) in [6.07, 6.45) is 0.960. The van der Waals surface area contributed by atoms with Crippen LogP contribution in [0.3, 0.4) is 0 Å². The van der Waals surface area contributed by atoms with Crippen LogP contribution in [0.2, 0.25) is 0 Å². The van der Waals surface area contributed by atoms with Crippen LogP contribution in [-0.4, -0.2) is 14.8 Å². The molecular weight excluding hydrogens is 222 g/mol. The van der Waals surface area contributed by atoms with Crippen molar-refractivity contribution in [2.24, 2.45) is 11.3 Å². The van der Waals surface area contributed by atoms with Gasteiger partial charge in [0.05, 0.1) is 5.88 Å². The van der Waals surface area contributed by atoms with Crippen LogP contribution in [0, 0.1) is 11.3 Å². The fourth-order valence-corrected chi connectivity index (χ4v) is 1.77. The van der Waals surface area contributed by atoms with E-state index >= 15 is 0 Å². The average molecular weight is 244 g/mol. The molecule has 1 atom stereocenters. The van der Waals surface area contributed by atoms with Crippen LogP contribution in [0.15, 0.2) is 0 Å². The number of nitrogens with zero attached hydrogens (tertiary/aromatic N) is 3. The van der Waals surface area contributed by atoms with Crippen molar-refractivity contribution in [1.29, 1.82) is 0 Å². The van der Waals surface area contributed by atoms with E-state index in [-0.39, 0.29) is 0 Å². The maximum absolute atomic E-state index is 5.83. The molecule has 0 aliphatic carbocycles. The second kappa shape index (κ2) is 5.17. The second-order valence-corrected chi connectivity index (χ2v) is 5.65. The molecule has 0 aliphatic heterocycles. The Bertz CT molecular complexity index is 339. The molecule has 4 heteroatoms. The summed E-state index contributed by atoms with van der Waals surface area (Å²) in [5, 5.41) is 8.36. The highest BCUT2D eigenvalue weighted by molar-refractivity contribution is 6.16. The molecule has 1 rings (SSSR count). The molecule has 1 heterocycles. The maximum Gasteiger partial charge on any atom is 0.147 e. The fraction of sp³-hybridized carbons (Fsp3) is 0.833. The van der Waals surface area contributed by atoms with E-state index in [9.17, 15) is 0 Å². The topological polar surface area (TPSA) is 30.7 Å². The van der Waals surface area contributed by atoms with E-state index in [1.807, 2.05) is 0 Å². The van der Waals surface area contributed by atoms with E-state index in [1.54, 1.807) is 0 Å². The highest BCUT2D eigenvalue weighted by atomic mass is 35.5. The summed E-state index contributed by atoms with van der Waals surface area (Å²) in [7, 11) is 0. The van der Waals surface area contributed by atoms with Gasteiger partial charge in [-0.2, -0.15) is 0 Å². The third-order valence-electron chi connectivity index (χ3n) is 3.31. The molecule has 16 heavy (non-hydrogen) atoms. The third-order valence-corrected chi connectivity index (χ3v) is 3.55. The molecule has 0 bridgehead atoms. The van der Waals surface area contributed by atoms with Gasteiger partial charge in [0, 0.05) is 13.0 Å². The largest absolute Gasteiger partial charge is 0.314 e. The summed E-state index contributed by atoms with van der Waals surface area (Å²) < 4.78 is 2.12. The lowest BCUT2D eigenvalue weighted by molar-refractivity contribution is 0.254. The standard InChI is InChI=1S/C12H22ClN3/c1-6-16-10(14-15-11(16)8-13)7-9(2)12(3,4)5/h9H,6-8H2,1-5H3. The normalized spacial score (nSPS) is 14.1. The first kappa shape index (κ1) is 13.5. The number of alkyl halides is 1. The van der Waals surface area contributed by atoms with Gasteiger partial charge >= 0.3 is 0 Å². The second-order valence-electron chi connectivity index (χ2n) is 5.38. The number of rotatable bonds is 4. The summed E-state index contributed by atoms with van der Waals surface area (Å²) in [5.74, 6) is 2.94. The van der Waals surface area contributed by atoms with Gasteiger partial charge in [-0.1, -0.05) is 27.7 Å². The molecule has 0 spiro atoms. The van der Waals surface area contributed by atoms with E-state index in [0.717, 1.165) is 24.6 Å². The Balaban J connectivity index is 2.85. The third kappa shape index (κ3) is 2.97. The van der Waals surface area contributed by atoms with E-state index in [4.69, 9.17) is 11.6 Å². The van der Waals surface area contributed by atoms with Gasteiger partial charge in [0.2, 0.25) is 0 Å². The lowest BCUT2D eigenvalue weighted by Crippen LogP contribution is -2.21. The van der Waals surface area contributed by atoms with Gasteiger partial charge in [0.15, 0.2) is 0 Å². The van der Waals surface area contributed by atoms with Gasteiger partial charge in [0.1, 0.15) is 11.6 Å². The first-order chi connectivity index (χ1) is 7.40. The highest BCUT2D eigenvalue weighted by Gasteiger charge is 2.22. The minimum Gasteiger partial charge on any atom is -0.314 e. The quantitative estimate of drug-likeness (QED) is 0.760. The smallest absolute Gasteiger partial charge is 0.147 e. The molecular formula is C12H22ClN3. The molecule has 0 aliphatic rings. The summed E-state index contributed by atoms with van der Waals surface area (Å²) >= 11 is 5.83. The lowest BCUT2D eigenvalue weighted by atomic mass is 9.80. The van der Waals surface area contributed by atoms with E-state index in [1.165, 1.54) is 0 Å². The Morgan fingerprint density at radius 2 is 1.81 bits per heavy atom. The molecule has 0 radical (unpaired) electrons. The van der Waals surface area contributed by atoms with Crippen LogP contribution in [-0.2, 0) is 18.8 Å². The van der Waals surface area contributed by atoms with Crippen molar-refractivity contribution in [2.45, 2.75) is 53.5 Å². The zero-order chi connectivity index (χ0) is 12.3. The number of hydrogen-bond donors (Lipinski definition) is 0. The van der Waals surface area contributed by atoms with Crippen molar-refractivity contribution < 1.29 is 0 Å². The SMILES string of the molecule is CCn1c(CCl)nnc1CC(C)C(C)(C)C. The van der Waals surface area contributed by atoms with E-state index in [0.29, 0.717) is 17.2 Å². The molecule has 0 N–H and O–H groups in total. The maximum atomic E-state index is 5.83. The molecule has 0 fully saturated rings. The van der Waals surface area contributed by atoms with Gasteiger partial charge in [-0.15, -0.1) is 21.8 Å². The first-order valence-corrected chi connectivity index (χ1v) is 6.40. The van der Waals surface area contributed by atoms with Crippen LogP contribution in [0.25, 0.3) is 0 Å². The average Bonchev–Trinajstić information content (AvgIpc) is 2.58. The highest BCUT2D eigenvalue weighted by Crippen LogP contribution is 2.28. The van der Waals surface area contributed by atoms with Crippen molar-refractivity contribution >= 4 is 11.6 Å². The monoisotopic (exact) mass is 243 g/mol. The van der Waals surface area contributed by atoms with Gasteiger partial charge in [-0.3, -0.25) is 0 Å². The number of aromatic nitrogens is 3. The first-order valence-electron chi connectivity index (χ1n) is 5.87. The lowest BCUT2D eigenvalue weighted by Gasteiger charge is -2.26. The molecule has 0 amide bonds. The van der Waals surface area contributed by atoms with Crippen molar-refractivity contribution in [2.75, 3.05) is 0 Å². The molecule has 0 saturated carbocycles. The summed E-state index contributed by atoms with van der Waals surface area (Å²) in [6.45, 7) is 12.0. The van der Waals surface area contributed by atoms with Gasteiger partial charge < -0.3 is 4.57 Å². The van der Waals surface area contributed by atoms with Crippen LogP contribution in [0.4, 0.5) is 0 Å². The van der Waals surface area contributed by atoms with Crippen LogP contribution >= 0.6 is 11.6 Å².